The molecule has 0 atom stereocenters. The number of ketones is 1. The van der Waals surface area contributed by atoms with E-state index < -0.39 is 12.5 Å². The summed E-state index contributed by atoms with van der Waals surface area (Å²) in [5.74, 6) is 0.905. The molecule has 1 aliphatic rings. The highest BCUT2D eigenvalue weighted by Gasteiger charge is 2.28. The number of aryl methyl sites for hydroxylation is 1. The molecule has 2 N–H and O–H groups in total. The van der Waals surface area contributed by atoms with E-state index in [1.165, 1.54) is 25.2 Å². The lowest BCUT2D eigenvalue weighted by Gasteiger charge is -2.33. The zero-order valence-electron chi connectivity index (χ0n) is 20.7. The molecule has 1 aliphatic heterocycles. The Morgan fingerprint density at radius 1 is 1.34 bits per heavy atom. The van der Waals surface area contributed by atoms with Gasteiger partial charge in [0.1, 0.15) is 24.1 Å². The third-order valence-electron chi connectivity index (χ3n) is 5.59. The fourth-order valence-electron chi connectivity index (χ4n) is 3.66. The van der Waals surface area contributed by atoms with Crippen LogP contribution in [-0.2, 0) is 6.54 Å². The quantitative estimate of drug-likeness (QED) is 0.384. The number of nitrogens with one attached hydrogen (secondary N) is 2. The average molecular weight is 483 g/mol. The number of carbonyl (C=O) groups excluding carboxylic acids is 1. The number of fused-ring (bicyclic) bond motifs is 1. The zero-order chi connectivity index (χ0) is 25.5. The standard InChI is InChI=1S/C26H32F2N6O/c1-17-9-10-20(18(2)35)14-22(17)24-23-15-30-19(3)34(16-21(28)8-6-7-11-27)25(23)32-26(31-24)29-12-13-33(4)5/h6-10,14,30H,3,11-13,15-16H2,1-2,4-5H3,(H,29,31,32)/b7-6-,21-8+. The van der Waals surface area contributed by atoms with Gasteiger partial charge in [-0.1, -0.05) is 30.9 Å². The van der Waals surface area contributed by atoms with Gasteiger partial charge in [-0.2, -0.15) is 4.98 Å². The first kappa shape index (κ1) is 26.0. The molecule has 0 saturated heterocycles. The highest BCUT2D eigenvalue weighted by atomic mass is 19.1. The van der Waals surface area contributed by atoms with Gasteiger partial charge in [-0.15, -0.1) is 0 Å². The van der Waals surface area contributed by atoms with Gasteiger partial charge in [-0.3, -0.25) is 4.79 Å². The van der Waals surface area contributed by atoms with Crippen LogP contribution in [0.15, 0.2) is 54.7 Å². The van der Waals surface area contributed by atoms with Crippen LogP contribution in [0.5, 0.6) is 0 Å². The number of halogens is 2. The Morgan fingerprint density at radius 3 is 2.80 bits per heavy atom. The Kier molecular flexibility index (Phi) is 8.70. The van der Waals surface area contributed by atoms with Gasteiger partial charge < -0.3 is 20.4 Å². The van der Waals surface area contributed by atoms with Gasteiger partial charge >= 0.3 is 0 Å². The number of allylic oxidation sites excluding steroid dienone is 3. The molecule has 0 spiro atoms. The fourth-order valence-corrected chi connectivity index (χ4v) is 3.66. The first-order chi connectivity index (χ1) is 16.7. The van der Waals surface area contributed by atoms with E-state index in [1.54, 1.807) is 11.0 Å². The number of aromatic nitrogens is 2. The molecule has 186 valence electrons. The first-order valence-electron chi connectivity index (χ1n) is 11.4. The summed E-state index contributed by atoms with van der Waals surface area (Å²) in [5.41, 5.74) is 3.77. The summed E-state index contributed by atoms with van der Waals surface area (Å²) in [6.45, 7) is 8.49. The lowest BCUT2D eigenvalue weighted by atomic mass is 9.97. The van der Waals surface area contributed by atoms with Crippen molar-refractivity contribution in [3.05, 3.63) is 71.3 Å². The van der Waals surface area contributed by atoms with E-state index in [-0.39, 0.29) is 12.3 Å². The minimum Gasteiger partial charge on any atom is -0.368 e. The molecule has 7 nitrogen and oxygen atoms in total. The number of anilines is 2. The molecule has 0 aliphatic carbocycles. The second-order valence-corrected chi connectivity index (χ2v) is 8.60. The van der Waals surface area contributed by atoms with Gasteiger partial charge in [0, 0.05) is 36.3 Å². The van der Waals surface area contributed by atoms with Crippen molar-refractivity contribution < 1.29 is 13.6 Å². The summed E-state index contributed by atoms with van der Waals surface area (Å²) < 4.78 is 27.0. The molecule has 35 heavy (non-hydrogen) atoms. The molecule has 3 rings (SSSR count). The lowest BCUT2D eigenvalue weighted by Crippen LogP contribution is -2.38. The highest BCUT2D eigenvalue weighted by Crippen LogP contribution is 2.36. The largest absolute Gasteiger partial charge is 0.368 e. The Balaban J connectivity index is 2.13. The number of rotatable bonds is 10. The molecule has 0 fully saturated rings. The van der Waals surface area contributed by atoms with E-state index in [0.29, 0.717) is 41.9 Å². The van der Waals surface area contributed by atoms with Crippen LogP contribution in [0.2, 0.25) is 0 Å². The molecule has 1 aromatic heterocycles. The van der Waals surface area contributed by atoms with E-state index in [0.717, 1.165) is 23.2 Å². The number of hydrogen-bond acceptors (Lipinski definition) is 7. The average Bonchev–Trinajstić information content (AvgIpc) is 2.80. The Bertz CT molecular complexity index is 1160. The molecule has 1 aromatic carbocycles. The molecule has 0 bridgehead atoms. The van der Waals surface area contributed by atoms with Crippen molar-refractivity contribution in [1.82, 2.24) is 20.2 Å². The normalized spacial score (nSPS) is 13.9. The van der Waals surface area contributed by atoms with Gasteiger partial charge in [-0.25, -0.2) is 13.8 Å². The van der Waals surface area contributed by atoms with Gasteiger partial charge in [0.25, 0.3) is 0 Å². The van der Waals surface area contributed by atoms with Crippen molar-refractivity contribution in [2.75, 3.05) is 50.6 Å². The first-order valence-corrected chi connectivity index (χ1v) is 11.4. The molecule has 2 aromatic rings. The third-order valence-corrected chi connectivity index (χ3v) is 5.59. The van der Waals surface area contributed by atoms with Crippen LogP contribution >= 0.6 is 0 Å². The topological polar surface area (TPSA) is 73.4 Å². The molecule has 0 amide bonds. The molecule has 0 saturated carbocycles. The molecule has 2 heterocycles. The van der Waals surface area contributed by atoms with Gasteiger partial charge in [-0.05, 0) is 45.6 Å². The second kappa shape index (κ2) is 11.7. The minimum atomic E-state index is -0.665. The number of Topliss-reactive ketones (excluding diaryl/α,β-unsaturated/α-hetero) is 1. The number of alkyl halides is 1. The lowest BCUT2D eigenvalue weighted by molar-refractivity contribution is 0.101. The smallest absolute Gasteiger partial charge is 0.225 e. The summed E-state index contributed by atoms with van der Waals surface area (Å²) in [6.07, 6.45) is 3.79. The van der Waals surface area contributed by atoms with Gasteiger partial charge in [0.15, 0.2) is 5.78 Å². The molecular weight excluding hydrogens is 450 g/mol. The maximum absolute atomic E-state index is 14.7. The zero-order valence-corrected chi connectivity index (χ0v) is 20.7. The maximum atomic E-state index is 14.7. The monoisotopic (exact) mass is 482 g/mol. The minimum absolute atomic E-state index is 0.0415. The predicted molar refractivity (Wildman–Crippen MR) is 137 cm³/mol. The Hall–Kier alpha value is -3.59. The van der Waals surface area contributed by atoms with Crippen molar-refractivity contribution in [3.8, 4) is 11.3 Å². The summed E-state index contributed by atoms with van der Waals surface area (Å²) in [7, 11) is 3.95. The molecule has 9 heteroatoms. The van der Waals surface area contributed by atoms with Crippen molar-refractivity contribution >= 4 is 17.5 Å². The summed E-state index contributed by atoms with van der Waals surface area (Å²) >= 11 is 0. The van der Waals surface area contributed by atoms with Crippen LogP contribution in [-0.4, -0.2) is 61.1 Å². The number of likely N-dealkylation sites (N-methyl/N-ethyl adjacent to an activating group) is 1. The van der Waals surface area contributed by atoms with Gasteiger partial charge in [0.2, 0.25) is 5.95 Å². The van der Waals surface area contributed by atoms with Gasteiger partial charge in [0.05, 0.1) is 12.2 Å². The third kappa shape index (κ3) is 6.51. The van der Waals surface area contributed by atoms with Crippen LogP contribution in [0.25, 0.3) is 11.3 Å². The van der Waals surface area contributed by atoms with Crippen LogP contribution in [0.4, 0.5) is 20.5 Å². The molecule has 0 unspecified atom stereocenters. The van der Waals surface area contributed by atoms with Crippen LogP contribution in [0.3, 0.4) is 0 Å². The van der Waals surface area contributed by atoms with Crippen molar-refractivity contribution in [3.63, 3.8) is 0 Å². The Morgan fingerprint density at radius 2 is 2.11 bits per heavy atom. The number of carbonyl (C=O) groups is 1. The van der Waals surface area contributed by atoms with E-state index in [2.05, 4.69) is 17.2 Å². The molecule has 0 radical (unpaired) electrons. The fraction of sp³-hybridized carbons (Fsp3) is 0.346. The summed E-state index contributed by atoms with van der Waals surface area (Å²) in [4.78, 5) is 25.3. The van der Waals surface area contributed by atoms with Crippen molar-refractivity contribution in [2.24, 2.45) is 0 Å². The number of hydrogen-bond donors (Lipinski definition) is 2. The SMILES string of the molecule is C=C1NCc2c(-c3cc(C(C)=O)ccc3C)nc(NCCN(C)C)nc2N1C/C(F)=C\C=C/CF. The number of benzene rings is 1. The number of nitrogens with zero attached hydrogens (tertiary/aromatic N) is 4. The highest BCUT2D eigenvalue weighted by molar-refractivity contribution is 5.95. The van der Waals surface area contributed by atoms with Crippen LogP contribution in [0, 0.1) is 6.92 Å². The second-order valence-electron chi connectivity index (χ2n) is 8.60. The van der Waals surface area contributed by atoms with Crippen molar-refractivity contribution in [1.29, 1.82) is 0 Å². The van der Waals surface area contributed by atoms with E-state index >= 15 is 0 Å². The van der Waals surface area contributed by atoms with Crippen LogP contribution in [0.1, 0.15) is 28.4 Å². The van der Waals surface area contributed by atoms with Crippen molar-refractivity contribution in [2.45, 2.75) is 20.4 Å². The molecular formula is C26H32F2N6O. The summed E-state index contributed by atoms with van der Waals surface area (Å²) in [6, 6.07) is 5.52. The van der Waals surface area contributed by atoms with Crippen LogP contribution < -0.4 is 15.5 Å². The predicted octanol–water partition coefficient (Wildman–Crippen LogP) is 4.39. The Labute approximate surface area is 205 Å². The maximum Gasteiger partial charge on any atom is 0.225 e. The van der Waals surface area contributed by atoms with E-state index in [1.807, 2.05) is 38.1 Å². The van der Waals surface area contributed by atoms with E-state index in [4.69, 9.17) is 9.97 Å². The van der Waals surface area contributed by atoms with E-state index in [9.17, 15) is 13.6 Å². The summed E-state index contributed by atoms with van der Waals surface area (Å²) in [5, 5.41) is 6.45.